The van der Waals surface area contributed by atoms with Gasteiger partial charge in [0.25, 0.3) is 10.1 Å². The number of benzene rings is 2. The zero-order valence-electron chi connectivity index (χ0n) is 15.3. The molecule has 7 nitrogen and oxygen atoms in total. The Kier molecular flexibility index (Phi) is 7.78. The predicted molar refractivity (Wildman–Crippen MR) is 101 cm³/mol. The Hall–Kier alpha value is -2.42. The minimum atomic E-state index is -3.77. The van der Waals surface area contributed by atoms with Crippen LogP contribution in [0.1, 0.15) is 12.5 Å². The average molecular weight is 393 g/mol. The number of rotatable bonds is 10. The van der Waals surface area contributed by atoms with Gasteiger partial charge in [0.2, 0.25) is 5.91 Å². The highest BCUT2D eigenvalue weighted by atomic mass is 32.2. The van der Waals surface area contributed by atoms with Crippen LogP contribution in [0.2, 0.25) is 0 Å². The van der Waals surface area contributed by atoms with E-state index in [9.17, 15) is 13.2 Å². The van der Waals surface area contributed by atoms with Crippen LogP contribution in [-0.2, 0) is 23.8 Å². The van der Waals surface area contributed by atoms with Gasteiger partial charge in [-0.3, -0.25) is 8.98 Å². The predicted octanol–water partition coefficient (Wildman–Crippen LogP) is 2.75. The largest absolute Gasteiger partial charge is 0.491 e. The first kappa shape index (κ1) is 20.9. The molecule has 0 bridgehead atoms. The van der Waals surface area contributed by atoms with E-state index in [-0.39, 0.29) is 24.0 Å². The second kappa shape index (κ2) is 10.1. The van der Waals surface area contributed by atoms with Crippen LogP contribution in [0, 0.1) is 6.92 Å². The van der Waals surface area contributed by atoms with Gasteiger partial charge >= 0.3 is 0 Å². The molecule has 0 atom stereocenters. The molecule has 0 saturated carbocycles. The van der Waals surface area contributed by atoms with E-state index in [2.05, 4.69) is 5.32 Å². The second-order valence-corrected chi connectivity index (χ2v) is 7.37. The molecule has 1 N–H and O–H groups in total. The van der Waals surface area contributed by atoms with Gasteiger partial charge in [0, 0.05) is 12.6 Å². The van der Waals surface area contributed by atoms with Crippen LogP contribution in [0.15, 0.2) is 53.4 Å². The van der Waals surface area contributed by atoms with Crippen molar-refractivity contribution in [2.24, 2.45) is 0 Å². The van der Waals surface area contributed by atoms with Crippen LogP contribution in [0.25, 0.3) is 0 Å². The minimum absolute atomic E-state index is 0.0678. The third-order valence-electron chi connectivity index (χ3n) is 3.45. The fraction of sp³-hybridized carbons (Fsp3) is 0.316. The first-order valence-electron chi connectivity index (χ1n) is 8.41. The Labute approximate surface area is 159 Å². The molecule has 0 aliphatic carbocycles. The third-order valence-corrected chi connectivity index (χ3v) is 4.77. The quantitative estimate of drug-likeness (QED) is 0.493. The van der Waals surface area contributed by atoms with Crippen molar-refractivity contribution in [1.29, 1.82) is 0 Å². The van der Waals surface area contributed by atoms with E-state index in [0.29, 0.717) is 24.7 Å². The lowest BCUT2D eigenvalue weighted by Crippen LogP contribution is -2.14. The summed E-state index contributed by atoms with van der Waals surface area (Å²) in [6, 6.07) is 13.4. The van der Waals surface area contributed by atoms with Crippen molar-refractivity contribution in [3.8, 4) is 5.75 Å². The first-order valence-corrected chi connectivity index (χ1v) is 9.82. The van der Waals surface area contributed by atoms with E-state index in [0.717, 1.165) is 5.56 Å². The molecule has 0 spiro atoms. The fourth-order valence-corrected chi connectivity index (χ4v) is 3.03. The molecular formula is C19H23NO6S. The highest BCUT2D eigenvalue weighted by Gasteiger charge is 2.14. The number of ether oxygens (including phenoxy) is 2. The Balaban J connectivity index is 1.62. The molecule has 0 heterocycles. The van der Waals surface area contributed by atoms with Gasteiger partial charge in [0.15, 0.2) is 0 Å². The summed E-state index contributed by atoms with van der Waals surface area (Å²) in [7, 11) is -3.77. The number of carbonyl (C=O) groups is 1. The van der Waals surface area contributed by atoms with Crippen molar-refractivity contribution in [1.82, 2.24) is 0 Å². The van der Waals surface area contributed by atoms with Gasteiger partial charge in [-0.05, 0) is 43.3 Å². The number of anilines is 1. The van der Waals surface area contributed by atoms with Crippen LogP contribution in [0.3, 0.4) is 0 Å². The molecular weight excluding hydrogens is 370 g/mol. The van der Waals surface area contributed by atoms with E-state index in [4.69, 9.17) is 13.7 Å². The fourth-order valence-electron chi connectivity index (χ4n) is 2.13. The van der Waals surface area contributed by atoms with Crippen molar-refractivity contribution in [3.05, 3.63) is 54.1 Å². The molecule has 1 amide bonds. The van der Waals surface area contributed by atoms with Gasteiger partial charge in [-0.2, -0.15) is 8.42 Å². The van der Waals surface area contributed by atoms with Crippen molar-refractivity contribution >= 4 is 21.7 Å². The van der Waals surface area contributed by atoms with Gasteiger partial charge in [-0.25, -0.2) is 0 Å². The molecule has 2 rings (SSSR count). The zero-order chi connectivity index (χ0) is 19.7. The summed E-state index contributed by atoms with van der Waals surface area (Å²) in [5, 5.41) is 2.67. The van der Waals surface area contributed by atoms with Crippen molar-refractivity contribution in [3.63, 3.8) is 0 Å². The maximum absolute atomic E-state index is 12.0. The Morgan fingerprint density at radius 3 is 2.19 bits per heavy atom. The summed E-state index contributed by atoms with van der Waals surface area (Å²) in [6.45, 7) is 3.99. The van der Waals surface area contributed by atoms with Crippen molar-refractivity contribution in [2.45, 2.75) is 18.7 Å². The molecule has 0 radical (unpaired) electrons. The van der Waals surface area contributed by atoms with Crippen LogP contribution >= 0.6 is 0 Å². The Morgan fingerprint density at radius 1 is 0.926 bits per heavy atom. The standard InChI is InChI=1S/C19H23NO6S/c1-15-3-9-19(10-4-15)27(22,23)26-14-12-24-11-13-25-18-7-5-17(6-8-18)20-16(2)21/h3-10H,11-14H2,1-2H3,(H,20,21). The highest BCUT2D eigenvalue weighted by Crippen LogP contribution is 2.15. The van der Waals surface area contributed by atoms with E-state index in [1.54, 1.807) is 36.4 Å². The molecule has 8 heteroatoms. The summed E-state index contributed by atoms with van der Waals surface area (Å²) in [5.41, 5.74) is 1.67. The summed E-state index contributed by atoms with van der Waals surface area (Å²) in [6.07, 6.45) is 0. The van der Waals surface area contributed by atoms with Gasteiger partial charge in [0.1, 0.15) is 12.4 Å². The number of hydrogen-bond donors (Lipinski definition) is 1. The molecule has 2 aromatic carbocycles. The van der Waals surface area contributed by atoms with E-state index < -0.39 is 10.1 Å². The number of aryl methyl sites for hydroxylation is 1. The summed E-state index contributed by atoms with van der Waals surface area (Å²) < 4.78 is 39.7. The van der Waals surface area contributed by atoms with Gasteiger partial charge in [0.05, 0.1) is 24.7 Å². The van der Waals surface area contributed by atoms with Crippen molar-refractivity contribution < 1.29 is 26.9 Å². The molecule has 0 fully saturated rings. The lowest BCUT2D eigenvalue weighted by molar-refractivity contribution is -0.114. The van der Waals surface area contributed by atoms with Crippen LogP contribution in [-0.4, -0.2) is 40.8 Å². The van der Waals surface area contributed by atoms with Crippen LogP contribution in [0.4, 0.5) is 5.69 Å². The monoisotopic (exact) mass is 393 g/mol. The maximum atomic E-state index is 12.0. The number of carbonyl (C=O) groups excluding carboxylic acids is 1. The Bertz CT molecular complexity index is 832. The summed E-state index contributed by atoms with van der Waals surface area (Å²) >= 11 is 0. The lowest BCUT2D eigenvalue weighted by Gasteiger charge is -2.09. The first-order chi connectivity index (χ1) is 12.9. The van der Waals surface area contributed by atoms with Crippen molar-refractivity contribution in [2.75, 3.05) is 31.7 Å². The number of hydrogen-bond acceptors (Lipinski definition) is 6. The molecule has 0 aliphatic heterocycles. The number of amides is 1. The lowest BCUT2D eigenvalue weighted by atomic mass is 10.2. The second-order valence-electron chi connectivity index (χ2n) is 5.76. The summed E-state index contributed by atoms with van der Waals surface area (Å²) in [5.74, 6) is 0.509. The van der Waals surface area contributed by atoms with Gasteiger partial charge < -0.3 is 14.8 Å². The van der Waals surface area contributed by atoms with E-state index in [1.165, 1.54) is 19.1 Å². The molecule has 146 valence electrons. The molecule has 2 aromatic rings. The Morgan fingerprint density at radius 2 is 1.56 bits per heavy atom. The minimum Gasteiger partial charge on any atom is -0.491 e. The molecule has 0 aliphatic rings. The van der Waals surface area contributed by atoms with Gasteiger partial charge in [-0.15, -0.1) is 0 Å². The van der Waals surface area contributed by atoms with E-state index >= 15 is 0 Å². The average Bonchev–Trinajstić information content (AvgIpc) is 2.62. The zero-order valence-corrected chi connectivity index (χ0v) is 16.1. The third kappa shape index (κ3) is 7.38. The topological polar surface area (TPSA) is 90.9 Å². The van der Waals surface area contributed by atoms with Crippen LogP contribution < -0.4 is 10.1 Å². The maximum Gasteiger partial charge on any atom is 0.297 e. The van der Waals surface area contributed by atoms with Gasteiger partial charge in [-0.1, -0.05) is 17.7 Å². The normalized spacial score (nSPS) is 11.2. The molecule has 0 saturated heterocycles. The van der Waals surface area contributed by atoms with E-state index in [1.807, 2.05) is 6.92 Å². The molecule has 0 aromatic heterocycles. The molecule has 0 unspecified atom stereocenters. The molecule has 27 heavy (non-hydrogen) atoms. The summed E-state index contributed by atoms with van der Waals surface area (Å²) in [4.78, 5) is 11.1. The highest BCUT2D eigenvalue weighted by molar-refractivity contribution is 7.86. The number of nitrogens with one attached hydrogen (secondary N) is 1. The van der Waals surface area contributed by atoms with Crippen LogP contribution in [0.5, 0.6) is 5.75 Å². The smallest absolute Gasteiger partial charge is 0.297 e. The SMILES string of the molecule is CC(=O)Nc1ccc(OCCOCCOS(=O)(=O)c2ccc(C)cc2)cc1.